The highest BCUT2D eigenvalue weighted by Gasteiger charge is 2.36. The smallest absolute Gasteiger partial charge is 0.0718 e. The maximum atomic E-state index is 6.61. The van der Waals surface area contributed by atoms with Crippen LogP contribution < -0.4 is 5.73 Å². The molecule has 2 N–H and O–H groups in total. The van der Waals surface area contributed by atoms with Crippen LogP contribution in [-0.4, -0.2) is 15.8 Å². The summed E-state index contributed by atoms with van der Waals surface area (Å²) in [6, 6.07) is 8.65. The van der Waals surface area contributed by atoms with Crippen LogP contribution in [0.4, 0.5) is 0 Å². The lowest BCUT2D eigenvalue weighted by Crippen LogP contribution is -2.43. The molecule has 0 radical (unpaired) electrons. The van der Waals surface area contributed by atoms with Gasteiger partial charge in [-0.15, -0.1) is 0 Å². The Kier molecular flexibility index (Phi) is 3.78. The number of nitrogens with two attached hydrogens (primary N) is 1. The average molecular weight is 285 g/mol. The molecule has 3 heteroatoms. The number of aromatic nitrogens is 2. The highest BCUT2D eigenvalue weighted by Crippen LogP contribution is 2.42. The van der Waals surface area contributed by atoms with Crippen molar-refractivity contribution in [3.05, 3.63) is 30.0 Å². The zero-order valence-corrected chi connectivity index (χ0v) is 13.5. The number of hydrogen-bond acceptors (Lipinski definition) is 2. The van der Waals surface area contributed by atoms with Gasteiger partial charge in [-0.3, -0.25) is 4.68 Å². The van der Waals surface area contributed by atoms with Crippen LogP contribution in [0.2, 0.25) is 0 Å². The van der Waals surface area contributed by atoms with E-state index in [4.69, 9.17) is 10.8 Å². The van der Waals surface area contributed by atoms with Gasteiger partial charge in [-0.1, -0.05) is 44.9 Å². The van der Waals surface area contributed by atoms with Crippen LogP contribution in [0.5, 0.6) is 0 Å². The first kappa shape index (κ1) is 14.6. The summed E-state index contributed by atoms with van der Waals surface area (Å²) in [5.74, 6) is 0.604. The minimum atomic E-state index is 0.207. The van der Waals surface area contributed by atoms with Crippen molar-refractivity contribution in [1.29, 1.82) is 0 Å². The third kappa shape index (κ3) is 2.71. The van der Waals surface area contributed by atoms with Gasteiger partial charge in [0.2, 0.25) is 0 Å². The first-order valence-corrected chi connectivity index (χ1v) is 8.15. The van der Waals surface area contributed by atoms with E-state index in [-0.39, 0.29) is 6.04 Å². The van der Waals surface area contributed by atoms with Crippen LogP contribution in [0.15, 0.2) is 24.3 Å². The van der Waals surface area contributed by atoms with Crippen LogP contribution in [0, 0.1) is 11.3 Å². The number of nitrogens with zero attached hydrogens (tertiary/aromatic N) is 2. The molecular weight excluding hydrogens is 258 g/mol. The van der Waals surface area contributed by atoms with E-state index in [9.17, 15) is 0 Å². The number of hydrogen-bond donors (Lipinski definition) is 1. The lowest BCUT2D eigenvalue weighted by Gasteiger charge is -2.42. The maximum Gasteiger partial charge on any atom is 0.0718 e. The lowest BCUT2D eigenvalue weighted by molar-refractivity contribution is 0.112. The minimum Gasteiger partial charge on any atom is -0.327 e. The molecule has 1 saturated carbocycles. The Hall–Kier alpha value is -1.35. The summed E-state index contributed by atoms with van der Waals surface area (Å²) in [7, 11) is 2.02. The molecule has 2 unspecified atom stereocenters. The highest BCUT2D eigenvalue weighted by atomic mass is 15.3. The second-order valence-electron chi connectivity index (χ2n) is 7.30. The molecule has 0 bridgehead atoms. The predicted octanol–water partition coefficient (Wildman–Crippen LogP) is 3.66. The van der Waals surface area contributed by atoms with E-state index in [0.29, 0.717) is 11.3 Å². The van der Waals surface area contributed by atoms with E-state index in [2.05, 4.69) is 38.1 Å². The van der Waals surface area contributed by atoms with Gasteiger partial charge >= 0.3 is 0 Å². The van der Waals surface area contributed by atoms with Gasteiger partial charge in [-0.2, -0.15) is 5.10 Å². The second-order valence-corrected chi connectivity index (χ2v) is 7.30. The fourth-order valence-corrected chi connectivity index (χ4v) is 4.12. The molecule has 0 amide bonds. The minimum absolute atomic E-state index is 0.207. The van der Waals surface area contributed by atoms with E-state index in [0.717, 1.165) is 12.1 Å². The molecule has 1 aliphatic carbocycles. The fraction of sp³-hybridized carbons (Fsp3) is 0.611. The first-order chi connectivity index (χ1) is 9.99. The Morgan fingerprint density at radius 3 is 2.86 bits per heavy atom. The Morgan fingerprint density at radius 2 is 2.10 bits per heavy atom. The summed E-state index contributed by atoms with van der Waals surface area (Å²) in [4.78, 5) is 0. The van der Waals surface area contributed by atoms with Gasteiger partial charge in [-0.25, -0.2) is 0 Å². The van der Waals surface area contributed by atoms with E-state index >= 15 is 0 Å². The summed E-state index contributed by atoms with van der Waals surface area (Å²) in [6.07, 6.45) is 6.12. The summed E-state index contributed by atoms with van der Waals surface area (Å²) < 4.78 is 1.98. The van der Waals surface area contributed by atoms with E-state index in [1.807, 2.05) is 11.7 Å². The predicted molar refractivity (Wildman–Crippen MR) is 88.1 cm³/mol. The lowest BCUT2D eigenvalue weighted by atomic mass is 9.65. The molecule has 1 fully saturated rings. The molecule has 114 valence electrons. The molecule has 1 aromatic heterocycles. The van der Waals surface area contributed by atoms with Gasteiger partial charge in [0.15, 0.2) is 0 Å². The Morgan fingerprint density at radius 1 is 1.33 bits per heavy atom. The molecule has 1 aliphatic rings. The van der Waals surface area contributed by atoms with Crippen LogP contribution >= 0.6 is 0 Å². The molecule has 1 aromatic carbocycles. The number of benzene rings is 1. The van der Waals surface area contributed by atoms with Crippen LogP contribution in [0.25, 0.3) is 10.9 Å². The largest absolute Gasteiger partial charge is 0.327 e. The van der Waals surface area contributed by atoms with E-state index in [1.165, 1.54) is 36.6 Å². The molecule has 3 rings (SSSR count). The quantitative estimate of drug-likeness (QED) is 0.935. The summed E-state index contributed by atoms with van der Waals surface area (Å²) >= 11 is 0. The van der Waals surface area contributed by atoms with Crippen molar-refractivity contribution >= 4 is 10.9 Å². The molecule has 0 aliphatic heterocycles. The van der Waals surface area contributed by atoms with Crippen molar-refractivity contribution in [1.82, 2.24) is 9.78 Å². The van der Waals surface area contributed by atoms with Gasteiger partial charge in [0.25, 0.3) is 0 Å². The number of fused-ring (bicyclic) bond motifs is 1. The zero-order chi connectivity index (χ0) is 15.0. The molecule has 21 heavy (non-hydrogen) atoms. The first-order valence-electron chi connectivity index (χ1n) is 8.15. The van der Waals surface area contributed by atoms with Crippen molar-refractivity contribution in [3.8, 4) is 0 Å². The number of rotatable bonds is 3. The van der Waals surface area contributed by atoms with E-state index in [1.54, 1.807) is 0 Å². The van der Waals surface area contributed by atoms with Crippen molar-refractivity contribution in [2.45, 2.75) is 52.0 Å². The molecule has 2 atom stereocenters. The molecule has 0 saturated heterocycles. The zero-order valence-electron chi connectivity index (χ0n) is 13.5. The molecular formula is C18H27N3. The van der Waals surface area contributed by atoms with E-state index < -0.39 is 0 Å². The Bertz CT molecular complexity index is 626. The van der Waals surface area contributed by atoms with Gasteiger partial charge in [0.05, 0.1) is 11.2 Å². The summed E-state index contributed by atoms with van der Waals surface area (Å²) in [5.41, 5.74) is 9.32. The molecule has 1 heterocycles. The van der Waals surface area contributed by atoms with Crippen molar-refractivity contribution in [2.24, 2.45) is 24.1 Å². The Balaban J connectivity index is 1.84. The van der Waals surface area contributed by atoms with Gasteiger partial charge in [0.1, 0.15) is 0 Å². The van der Waals surface area contributed by atoms with Crippen molar-refractivity contribution < 1.29 is 0 Å². The van der Waals surface area contributed by atoms with Crippen LogP contribution in [-0.2, 0) is 13.5 Å². The third-order valence-electron chi connectivity index (χ3n) is 5.37. The number of para-hydroxylation sites is 1. The second kappa shape index (κ2) is 5.45. The standard InChI is InChI=1S/C18H27N3/c1-18(2)11-7-6-9-14(18)15(19)12-16-13-8-4-5-10-17(13)21(3)20-16/h4-5,8,10,14-15H,6-7,9,11-12,19H2,1-3H3. The highest BCUT2D eigenvalue weighted by molar-refractivity contribution is 5.81. The fourth-order valence-electron chi connectivity index (χ4n) is 4.12. The van der Waals surface area contributed by atoms with Gasteiger partial charge in [0, 0.05) is 24.9 Å². The Labute approximate surface area is 127 Å². The topological polar surface area (TPSA) is 43.8 Å². The van der Waals surface area contributed by atoms with Gasteiger partial charge in [-0.05, 0) is 30.2 Å². The molecule has 0 spiro atoms. The molecule has 2 aromatic rings. The van der Waals surface area contributed by atoms with Crippen molar-refractivity contribution in [2.75, 3.05) is 0 Å². The summed E-state index contributed by atoms with van der Waals surface area (Å²) in [6.45, 7) is 4.76. The third-order valence-corrected chi connectivity index (χ3v) is 5.37. The van der Waals surface area contributed by atoms with Crippen LogP contribution in [0.1, 0.15) is 45.2 Å². The van der Waals surface area contributed by atoms with Crippen molar-refractivity contribution in [3.63, 3.8) is 0 Å². The maximum absolute atomic E-state index is 6.61. The summed E-state index contributed by atoms with van der Waals surface area (Å²) in [5, 5.41) is 5.96. The normalized spacial score (nSPS) is 23.3. The number of aryl methyl sites for hydroxylation is 1. The average Bonchev–Trinajstić information content (AvgIpc) is 2.75. The SMILES string of the molecule is Cn1nc(CC(N)C2CCCCC2(C)C)c2ccccc21. The van der Waals surface area contributed by atoms with Crippen LogP contribution in [0.3, 0.4) is 0 Å². The molecule has 3 nitrogen and oxygen atoms in total. The monoisotopic (exact) mass is 285 g/mol. The van der Waals surface area contributed by atoms with Gasteiger partial charge < -0.3 is 5.73 Å².